The number of thiophene rings is 1. The Morgan fingerprint density at radius 3 is 2.74 bits per heavy atom. The third-order valence-electron chi connectivity index (χ3n) is 4.71. The third-order valence-corrected chi connectivity index (χ3v) is 7.96. The van der Waals surface area contributed by atoms with Gasteiger partial charge in [-0.25, -0.2) is 18.1 Å². The molecule has 3 amide bonds. The van der Waals surface area contributed by atoms with Gasteiger partial charge < -0.3 is 10.1 Å². The summed E-state index contributed by atoms with van der Waals surface area (Å²) in [6.45, 7) is 0.174. The first-order valence-electron chi connectivity index (χ1n) is 8.27. The molecule has 2 aliphatic heterocycles. The molecule has 0 radical (unpaired) electrons. The second-order valence-electron chi connectivity index (χ2n) is 6.21. The van der Waals surface area contributed by atoms with E-state index in [4.69, 9.17) is 4.74 Å². The molecule has 8 nitrogen and oxygen atoms in total. The largest absolute Gasteiger partial charge is 0.497 e. The number of urea groups is 1. The van der Waals surface area contributed by atoms with Crippen LogP contribution in [0.4, 0.5) is 10.5 Å². The van der Waals surface area contributed by atoms with E-state index in [2.05, 4.69) is 5.32 Å². The number of nitrogens with one attached hydrogen (secondary N) is 1. The van der Waals surface area contributed by atoms with Crippen molar-refractivity contribution in [2.75, 3.05) is 18.6 Å². The molecule has 2 aliphatic rings. The van der Waals surface area contributed by atoms with Gasteiger partial charge in [-0.15, -0.1) is 11.3 Å². The summed E-state index contributed by atoms with van der Waals surface area (Å²) in [5, 5.41) is 4.44. The number of benzene rings is 1. The van der Waals surface area contributed by atoms with E-state index in [0.717, 1.165) is 16.2 Å². The Bertz CT molecular complexity index is 990. The predicted molar refractivity (Wildman–Crippen MR) is 99.4 cm³/mol. The van der Waals surface area contributed by atoms with E-state index in [1.165, 1.54) is 17.5 Å². The molecule has 10 heteroatoms. The highest BCUT2D eigenvalue weighted by atomic mass is 32.2. The van der Waals surface area contributed by atoms with Gasteiger partial charge in [-0.3, -0.25) is 4.79 Å². The second-order valence-corrected chi connectivity index (χ2v) is 9.28. The van der Waals surface area contributed by atoms with Gasteiger partial charge in [0.25, 0.3) is 15.9 Å². The maximum atomic E-state index is 13.2. The summed E-state index contributed by atoms with van der Waals surface area (Å²) in [4.78, 5) is 26.7. The number of hydrogen-bond donors (Lipinski definition) is 1. The van der Waals surface area contributed by atoms with Crippen molar-refractivity contribution < 1.29 is 22.7 Å². The smallest absolute Gasteiger partial charge is 0.329 e. The number of hydrogen-bond acceptors (Lipinski definition) is 6. The lowest BCUT2D eigenvalue weighted by molar-refractivity contribution is -0.122. The molecule has 0 bridgehead atoms. The Balaban J connectivity index is 1.71. The van der Waals surface area contributed by atoms with Crippen LogP contribution in [0.2, 0.25) is 0 Å². The molecule has 142 valence electrons. The quantitative estimate of drug-likeness (QED) is 0.831. The van der Waals surface area contributed by atoms with Crippen molar-refractivity contribution in [3.05, 3.63) is 41.8 Å². The van der Waals surface area contributed by atoms with Crippen molar-refractivity contribution >= 4 is 39.0 Å². The normalized spacial score (nSPS) is 23.2. The van der Waals surface area contributed by atoms with Crippen LogP contribution in [0.1, 0.15) is 6.42 Å². The first-order chi connectivity index (χ1) is 12.9. The maximum absolute atomic E-state index is 13.2. The number of carbonyl (C=O) groups is 2. The highest BCUT2D eigenvalue weighted by molar-refractivity contribution is 7.91. The summed E-state index contributed by atoms with van der Waals surface area (Å²) in [6.07, 6.45) is 0.388. The average Bonchev–Trinajstić information content (AvgIpc) is 3.32. The van der Waals surface area contributed by atoms with Crippen LogP contribution >= 0.6 is 11.3 Å². The Labute approximate surface area is 160 Å². The molecule has 0 spiro atoms. The van der Waals surface area contributed by atoms with Crippen LogP contribution in [-0.2, 0) is 14.8 Å². The lowest BCUT2D eigenvalue weighted by Gasteiger charge is -2.36. The Kier molecular flexibility index (Phi) is 4.41. The zero-order chi connectivity index (χ0) is 19.2. The number of nitrogens with zero attached hydrogens (tertiary/aromatic N) is 2. The van der Waals surface area contributed by atoms with Crippen molar-refractivity contribution in [2.24, 2.45) is 0 Å². The van der Waals surface area contributed by atoms with Gasteiger partial charge >= 0.3 is 6.03 Å². The number of methoxy groups -OCH3 is 1. The molecule has 2 aromatic rings. The lowest BCUT2D eigenvalue weighted by Crippen LogP contribution is -2.64. The topological polar surface area (TPSA) is 96.0 Å². The first-order valence-corrected chi connectivity index (χ1v) is 10.6. The first kappa shape index (κ1) is 18.0. The van der Waals surface area contributed by atoms with E-state index in [1.54, 1.807) is 35.7 Å². The second kappa shape index (κ2) is 6.63. The van der Waals surface area contributed by atoms with Crippen LogP contribution in [0, 0.1) is 0 Å². The average molecular weight is 407 g/mol. The molecular weight excluding hydrogens is 390 g/mol. The molecule has 3 heterocycles. The number of amides is 3. The van der Waals surface area contributed by atoms with Crippen molar-refractivity contribution in [3.63, 3.8) is 0 Å². The van der Waals surface area contributed by atoms with Gasteiger partial charge in [0.2, 0.25) is 0 Å². The molecule has 1 aromatic heterocycles. The molecule has 2 saturated heterocycles. The van der Waals surface area contributed by atoms with Gasteiger partial charge in [-0.1, -0.05) is 12.1 Å². The number of carbonyl (C=O) groups excluding carboxylic acids is 2. The summed E-state index contributed by atoms with van der Waals surface area (Å²) in [7, 11) is -2.32. The van der Waals surface area contributed by atoms with Gasteiger partial charge in [0.05, 0.1) is 18.8 Å². The SMILES string of the molecule is COc1cccc(N2C(=O)N[C@@H]3CCN(S(=O)(=O)c4cccs4)[C@@H]3C2=O)c1. The van der Waals surface area contributed by atoms with Gasteiger partial charge in [0.1, 0.15) is 16.0 Å². The van der Waals surface area contributed by atoms with E-state index in [0.29, 0.717) is 17.9 Å². The molecule has 27 heavy (non-hydrogen) atoms. The van der Waals surface area contributed by atoms with E-state index in [-0.39, 0.29) is 10.8 Å². The highest BCUT2D eigenvalue weighted by Crippen LogP contribution is 2.33. The summed E-state index contributed by atoms with van der Waals surface area (Å²) < 4.78 is 32.4. The number of fused-ring (bicyclic) bond motifs is 1. The van der Waals surface area contributed by atoms with Crippen LogP contribution in [0.5, 0.6) is 5.75 Å². The van der Waals surface area contributed by atoms with E-state index < -0.39 is 34.0 Å². The minimum absolute atomic E-state index is 0.174. The van der Waals surface area contributed by atoms with E-state index >= 15 is 0 Å². The number of rotatable bonds is 4. The van der Waals surface area contributed by atoms with Crippen molar-refractivity contribution in [1.82, 2.24) is 9.62 Å². The van der Waals surface area contributed by atoms with Crippen LogP contribution in [0.3, 0.4) is 0 Å². The molecule has 0 aliphatic carbocycles. The van der Waals surface area contributed by atoms with Crippen LogP contribution < -0.4 is 15.0 Å². The molecule has 2 fully saturated rings. The molecule has 1 aromatic carbocycles. The zero-order valence-corrected chi connectivity index (χ0v) is 16.0. The molecule has 0 unspecified atom stereocenters. The number of sulfonamides is 1. The van der Waals surface area contributed by atoms with Crippen molar-refractivity contribution in [3.8, 4) is 5.75 Å². The number of imide groups is 1. The fourth-order valence-electron chi connectivity index (χ4n) is 3.46. The Morgan fingerprint density at radius 2 is 2.04 bits per heavy atom. The van der Waals surface area contributed by atoms with Gasteiger partial charge in [0.15, 0.2) is 0 Å². The molecule has 4 rings (SSSR count). The molecule has 0 saturated carbocycles. The number of ether oxygens (including phenoxy) is 1. The lowest BCUT2D eigenvalue weighted by atomic mass is 10.1. The van der Waals surface area contributed by atoms with Gasteiger partial charge in [-0.05, 0) is 30.0 Å². The minimum Gasteiger partial charge on any atom is -0.497 e. The summed E-state index contributed by atoms with van der Waals surface area (Å²) >= 11 is 1.10. The van der Waals surface area contributed by atoms with Gasteiger partial charge in [-0.2, -0.15) is 4.31 Å². The fraction of sp³-hybridized carbons (Fsp3) is 0.294. The summed E-state index contributed by atoms with van der Waals surface area (Å²) in [5.41, 5.74) is 0.329. The fourth-order valence-corrected chi connectivity index (χ4v) is 6.21. The molecular formula is C17H17N3O5S2. The third kappa shape index (κ3) is 2.89. The Hall–Kier alpha value is -2.43. The predicted octanol–water partition coefficient (Wildman–Crippen LogP) is 1.64. The molecule has 2 atom stereocenters. The van der Waals surface area contributed by atoms with Crippen LogP contribution in [-0.4, -0.2) is 50.4 Å². The monoisotopic (exact) mass is 407 g/mol. The van der Waals surface area contributed by atoms with E-state index in [1.807, 2.05) is 0 Å². The van der Waals surface area contributed by atoms with Crippen LogP contribution in [0.15, 0.2) is 46.0 Å². The summed E-state index contributed by atoms with van der Waals surface area (Å²) in [6, 6.07) is 7.61. The number of anilines is 1. The van der Waals surface area contributed by atoms with E-state index in [9.17, 15) is 18.0 Å². The maximum Gasteiger partial charge on any atom is 0.329 e. The highest BCUT2D eigenvalue weighted by Gasteiger charge is 2.52. The standard InChI is InChI=1S/C17H17N3O5S2/c1-25-12-5-2-4-11(10-12)20-16(21)15-13(18-17(20)22)7-8-19(15)27(23,24)14-6-3-9-26-14/h2-6,9-10,13,15H,7-8H2,1H3,(H,18,22)/t13-,15+/m1/s1. The molecule has 1 N–H and O–H groups in total. The zero-order valence-electron chi connectivity index (χ0n) is 14.4. The van der Waals surface area contributed by atoms with Crippen molar-refractivity contribution in [2.45, 2.75) is 22.7 Å². The van der Waals surface area contributed by atoms with Crippen LogP contribution in [0.25, 0.3) is 0 Å². The Morgan fingerprint density at radius 1 is 1.22 bits per heavy atom. The minimum atomic E-state index is -3.81. The summed E-state index contributed by atoms with van der Waals surface area (Å²) in [5.74, 6) is -0.0701. The van der Waals surface area contributed by atoms with Gasteiger partial charge in [0, 0.05) is 12.6 Å². The van der Waals surface area contributed by atoms with Crippen molar-refractivity contribution in [1.29, 1.82) is 0 Å².